The minimum Gasteiger partial charge on any atom is -0.328 e. The van der Waals surface area contributed by atoms with Crippen molar-refractivity contribution in [3.8, 4) is 0 Å². The van der Waals surface area contributed by atoms with Crippen LogP contribution in [0.2, 0.25) is 0 Å². The van der Waals surface area contributed by atoms with Gasteiger partial charge in [0.25, 0.3) is 5.91 Å². The van der Waals surface area contributed by atoms with Crippen LogP contribution < -0.4 is 0 Å². The third-order valence-electron chi connectivity index (χ3n) is 4.95. The lowest BCUT2D eigenvalue weighted by Gasteiger charge is -2.23. The molecule has 0 aliphatic heterocycles. The van der Waals surface area contributed by atoms with Gasteiger partial charge in [-0.15, -0.1) is 0 Å². The molecule has 0 bridgehead atoms. The Morgan fingerprint density at radius 2 is 1.59 bits per heavy atom. The Balaban J connectivity index is 1.73. The lowest BCUT2D eigenvalue weighted by molar-refractivity contribution is 0.0728. The molecule has 0 saturated heterocycles. The standard InChI is InChI=1S/C23H21N5O/c1-16-13-20-21(27-17(16)2)7-12-26-22(20)15-28(14-18-3-8-24-9-4-18)23(29)19-5-10-25-11-6-19/h3-13H,14-15H2,1-2H3. The number of rotatable bonds is 5. The second kappa shape index (κ2) is 8.14. The van der Waals surface area contributed by atoms with Crippen LogP contribution in [0.4, 0.5) is 0 Å². The zero-order valence-corrected chi connectivity index (χ0v) is 16.4. The molecule has 0 fully saturated rings. The first-order valence-electron chi connectivity index (χ1n) is 9.42. The van der Waals surface area contributed by atoms with Crippen LogP contribution >= 0.6 is 0 Å². The molecule has 0 aliphatic carbocycles. The molecule has 29 heavy (non-hydrogen) atoms. The van der Waals surface area contributed by atoms with E-state index in [2.05, 4.69) is 26.0 Å². The molecule has 4 aromatic heterocycles. The Labute approximate surface area is 169 Å². The Kier molecular flexibility index (Phi) is 5.24. The molecule has 4 aromatic rings. The number of hydrogen-bond donors (Lipinski definition) is 0. The van der Waals surface area contributed by atoms with E-state index in [0.717, 1.165) is 33.4 Å². The van der Waals surface area contributed by atoms with Crippen molar-refractivity contribution in [3.05, 3.63) is 95.5 Å². The van der Waals surface area contributed by atoms with Gasteiger partial charge in [-0.05, 0) is 61.4 Å². The Hall–Kier alpha value is -3.67. The van der Waals surface area contributed by atoms with Crippen LogP contribution in [0.1, 0.15) is 32.9 Å². The quantitative estimate of drug-likeness (QED) is 0.523. The Bertz CT molecular complexity index is 1150. The van der Waals surface area contributed by atoms with E-state index in [-0.39, 0.29) is 5.91 Å². The van der Waals surface area contributed by atoms with Crippen LogP contribution in [-0.2, 0) is 13.1 Å². The van der Waals surface area contributed by atoms with Gasteiger partial charge in [0.1, 0.15) is 0 Å². The van der Waals surface area contributed by atoms with Gasteiger partial charge in [-0.2, -0.15) is 0 Å². The topological polar surface area (TPSA) is 71.9 Å². The van der Waals surface area contributed by atoms with Crippen molar-refractivity contribution in [3.63, 3.8) is 0 Å². The molecule has 0 spiro atoms. The fourth-order valence-electron chi connectivity index (χ4n) is 3.24. The molecule has 0 aromatic carbocycles. The minimum atomic E-state index is -0.0696. The van der Waals surface area contributed by atoms with Crippen LogP contribution in [0.15, 0.2) is 67.4 Å². The van der Waals surface area contributed by atoms with Crippen molar-refractivity contribution in [1.82, 2.24) is 24.8 Å². The third-order valence-corrected chi connectivity index (χ3v) is 4.95. The fraction of sp³-hybridized carbons (Fsp3) is 0.174. The van der Waals surface area contributed by atoms with Gasteiger partial charge >= 0.3 is 0 Å². The van der Waals surface area contributed by atoms with E-state index in [4.69, 9.17) is 0 Å². The molecule has 6 nitrogen and oxygen atoms in total. The van der Waals surface area contributed by atoms with Gasteiger partial charge in [0, 0.05) is 54.2 Å². The molecule has 4 rings (SSSR count). The zero-order valence-electron chi connectivity index (χ0n) is 16.4. The number of hydrogen-bond acceptors (Lipinski definition) is 5. The number of aromatic nitrogens is 4. The Morgan fingerprint density at radius 3 is 2.31 bits per heavy atom. The van der Waals surface area contributed by atoms with E-state index >= 15 is 0 Å². The van der Waals surface area contributed by atoms with E-state index in [1.54, 1.807) is 48.0 Å². The van der Waals surface area contributed by atoms with Gasteiger partial charge in [-0.25, -0.2) is 0 Å². The van der Waals surface area contributed by atoms with Gasteiger partial charge in [0.15, 0.2) is 0 Å². The van der Waals surface area contributed by atoms with Crippen molar-refractivity contribution < 1.29 is 4.79 Å². The predicted octanol–water partition coefficient (Wildman–Crippen LogP) is 3.88. The SMILES string of the molecule is Cc1cc2c(CN(Cc3ccncc3)C(=O)c3ccncc3)nccc2nc1C. The van der Waals surface area contributed by atoms with E-state index in [9.17, 15) is 4.79 Å². The molecule has 0 N–H and O–H groups in total. The lowest BCUT2D eigenvalue weighted by atomic mass is 10.1. The van der Waals surface area contributed by atoms with Gasteiger partial charge in [-0.1, -0.05) is 0 Å². The molecular formula is C23H21N5O. The maximum absolute atomic E-state index is 13.2. The molecule has 4 heterocycles. The molecule has 144 valence electrons. The first-order valence-corrected chi connectivity index (χ1v) is 9.42. The monoisotopic (exact) mass is 383 g/mol. The largest absolute Gasteiger partial charge is 0.328 e. The van der Waals surface area contributed by atoms with Crippen molar-refractivity contribution in [2.45, 2.75) is 26.9 Å². The average Bonchev–Trinajstić information content (AvgIpc) is 2.75. The number of nitrogens with zero attached hydrogens (tertiary/aromatic N) is 5. The molecule has 1 amide bonds. The van der Waals surface area contributed by atoms with E-state index in [1.165, 1.54) is 0 Å². The van der Waals surface area contributed by atoms with Crippen LogP contribution in [0.5, 0.6) is 0 Å². The highest BCUT2D eigenvalue weighted by Gasteiger charge is 2.19. The zero-order chi connectivity index (χ0) is 20.2. The number of amides is 1. The summed E-state index contributed by atoms with van der Waals surface area (Å²) in [6, 6.07) is 11.3. The van der Waals surface area contributed by atoms with Crippen molar-refractivity contribution in [2.75, 3.05) is 0 Å². The summed E-state index contributed by atoms with van der Waals surface area (Å²) in [6.45, 7) is 4.87. The van der Waals surface area contributed by atoms with Crippen molar-refractivity contribution in [1.29, 1.82) is 0 Å². The van der Waals surface area contributed by atoms with Crippen molar-refractivity contribution in [2.24, 2.45) is 0 Å². The summed E-state index contributed by atoms with van der Waals surface area (Å²) >= 11 is 0. The number of pyridine rings is 4. The summed E-state index contributed by atoms with van der Waals surface area (Å²) in [7, 11) is 0. The predicted molar refractivity (Wildman–Crippen MR) is 111 cm³/mol. The van der Waals surface area contributed by atoms with E-state index in [0.29, 0.717) is 18.7 Å². The average molecular weight is 383 g/mol. The van der Waals surface area contributed by atoms with E-state index < -0.39 is 0 Å². The maximum atomic E-state index is 13.2. The summed E-state index contributed by atoms with van der Waals surface area (Å²) in [6.07, 6.45) is 8.47. The highest BCUT2D eigenvalue weighted by Crippen LogP contribution is 2.21. The number of carbonyl (C=O) groups excluding carboxylic acids is 1. The fourth-order valence-corrected chi connectivity index (χ4v) is 3.24. The first kappa shape index (κ1) is 18.7. The molecular weight excluding hydrogens is 362 g/mol. The first-order chi connectivity index (χ1) is 14.1. The van der Waals surface area contributed by atoms with Crippen LogP contribution in [0.25, 0.3) is 10.9 Å². The summed E-state index contributed by atoms with van der Waals surface area (Å²) in [5.41, 5.74) is 5.42. The highest BCUT2D eigenvalue weighted by atomic mass is 16.2. The number of fused-ring (bicyclic) bond motifs is 1. The van der Waals surface area contributed by atoms with Gasteiger partial charge in [0.05, 0.1) is 17.8 Å². The van der Waals surface area contributed by atoms with Gasteiger partial charge in [-0.3, -0.25) is 24.7 Å². The maximum Gasteiger partial charge on any atom is 0.254 e. The molecule has 0 saturated carbocycles. The normalized spacial score (nSPS) is 10.8. The minimum absolute atomic E-state index is 0.0696. The molecule has 6 heteroatoms. The molecule has 0 aliphatic rings. The summed E-state index contributed by atoms with van der Waals surface area (Å²) in [4.78, 5) is 32.4. The van der Waals surface area contributed by atoms with Gasteiger partial charge in [0.2, 0.25) is 0 Å². The van der Waals surface area contributed by atoms with Crippen LogP contribution in [0, 0.1) is 13.8 Å². The second-order valence-electron chi connectivity index (χ2n) is 6.97. The third kappa shape index (κ3) is 4.11. The highest BCUT2D eigenvalue weighted by molar-refractivity contribution is 5.94. The van der Waals surface area contributed by atoms with Gasteiger partial charge < -0.3 is 4.90 Å². The van der Waals surface area contributed by atoms with E-state index in [1.807, 2.05) is 32.0 Å². The molecule has 0 atom stereocenters. The second-order valence-corrected chi connectivity index (χ2v) is 6.97. The van der Waals surface area contributed by atoms with Crippen LogP contribution in [-0.4, -0.2) is 30.7 Å². The summed E-state index contributed by atoms with van der Waals surface area (Å²) in [5, 5.41) is 0.970. The Morgan fingerprint density at radius 1 is 0.897 bits per heavy atom. The smallest absolute Gasteiger partial charge is 0.254 e. The molecule has 0 unspecified atom stereocenters. The lowest BCUT2D eigenvalue weighted by Crippen LogP contribution is -2.30. The number of aryl methyl sites for hydroxylation is 2. The van der Waals surface area contributed by atoms with Crippen LogP contribution in [0.3, 0.4) is 0 Å². The molecule has 0 radical (unpaired) electrons. The summed E-state index contributed by atoms with van der Waals surface area (Å²) in [5.74, 6) is -0.0696. The van der Waals surface area contributed by atoms with Crippen molar-refractivity contribution >= 4 is 16.8 Å². The summed E-state index contributed by atoms with van der Waals surface area (Å²) < 4.78 is 0. The number of carbonyl (C=O) groups is 1.